The van der Waals surface area contributed by atoms with Crippen LogP contribution in [-0.2, 0) is 33.6 Å². The number of hydrogen-bond acceptors (Lipinski definition) is 11. The second-order valence-corrected chi connectivity index (χ2v) is 13.4. The summed E-state index contributed by atoms with van der Waals surface area (Å²) in [5.74, 6) is -8.61. The Morgan fingerprint density at radius 1 is 0.368 bits per heavy atom. The fraction of sp³-hybridized carbons (Fsp3) is 0.308. The third kappa shape index (κ3) is 9.77. The lowest BCUT2D eigenvalue weighted by molar-refractivity contribution is -0.138. The van der Waals surface area contributed by atoms with Crippen LogP contribution in [-0.4, -0.2) is 100 Å². The molecular formula is C39H36N4O14. The van der Waals surface area contributed by atoms with Crippen molar-refractivity contribution in [3.63, 3.8) is 0 Å². The Hall–Kier alpha value is -7.11. The topological polar surface area (TPSA) is 311 Å². The van der Waals surface area contributed by atoms with Crippen molar-refractivity contribution in [2.75, 3.05) is 0 Å². The molecule has 57 heavy (non-hydrogen) atoms. The number of fused-ring (bicyclic) bond motifs is 4. The lowest BCUT2D eigenvalue weighted by Gasteiger charge is -2.09. The zero-order chi connectivity index (χ0) is 41.7. The van der Waals surface area contributed by atoms with Crippen molar-refractivity contribution in [2.24, 2.45) is 20.0 Å². The summed E-state index contributed by atoms with van der Waals surface area (Å²) < 4.78 is 0. The molecule has 0 saturated heterocycles. The molecule has 0 aliphatic carbocycles. The van der Waals surface area contributed by atoms with E-state index >= 15 is 0 Å². The van der Waals surface area contributed by atoms with Crippen molar-refractivity contribution in [3.8, 4) is 0 Å². The maximum absolute atomic E-state index is 12.2. The number of allylic oxidation sites excluding steroid dienone is 9. The normalized spacial score (nSPS) is 17.4. The van der Waals surface area contributed by atoms with E-state index in [1.54, 1.807) is 6.92 Å². The van der Waals surface area contributed by atoms with E-state index in [-0.39, 0.29) is 111 Å². The lowest BCUT2D eigenvalue weighted by Crippen LogP contribution is -2.08. The molecule has 0 amide bonds. The van der Waals surface area contributed by atoms with Crippen molar-refractivity contribution in [3.05, 3.63) is 91.7 Å². The van der Waals surface area contributed by atoms with Gasteiger partial charge in [-0.15, -0.1) is 0 Å². The van der Waals surface area contributed by atoms with E-state index in [1.807, 2.05) is 0 Å². The summed E-state index contributed by atoms with van der Waals surface area (Å²) in [6, 6.07) is 0. The first-order valence-corrected chi connectivity index (χ1v) is 17.5. The molecule has 0 spiro atoms. The van der Waals surface area contributed by atoms with Crippen molar-refractivity contribution in [1.29, 1.82) is 0 Å². The number of aliphatic carboxylic acids is 7. The molecule has 18 nitrogen and oxygen atoms in total. The van der Waals surface area contributed by atoms with E-state index < -0.39 is 80.3 Å². The summed E-state index contributed by atoms with van der Waals surface area (Å²) >= 11 is 0. The van der Waals surface area contributed by atoms with E-state index in [1.165, 1.54) is 24.3 Å². The van der Waals surface area contributed by atoms with Gasteiger partial charge in [-0.1, -0.05) is 0 Å². The second-order valence-electron chi connectivity index (χ2n) is 13.4. The van der Waals surface area contributed by atoms with Crippen LogP contribution in [0.15, 0.2) is 112 Å². The van der Waals surface area contributed by atoms with Crippen molar-refractivity contribution in [2.45, 2.75) is 77.6 Å². The predicted octanol–water partition coefficient (Wildman–Crippen LogP) is 4.44. The highest BCUT2D eigenvalue weighted by Gasteiger charge is 2.33. The summed E-state index contributed by atoms with van der Waals surface area (Å²) in [6.45, 7) is 1.66. The molecule has 0 radical (unpaired) electrons. The van der Waals surface area contributed by atoms with Crippen molar-refractivity contribution >= 4 is 64.6 Å². The second kappa shape index (κ2) is 17.1. The Morgan fingerprint density at radius 2 is 0.614 bits per heavy atom. The molecule has 5 heterocycles. The molecule has 296 valence electrons. The van der Waals surface area contributed by atoms with Crippen LogP contribution < -0.4 is 0 Å². The molecule has 0 aromatic carbocycles. The number of nitrogens with zero attached hydrogens (tertiary/aromatic N) is 4. The molecule has 0 saturated carbocycles. The van der Waals surface area contributed by atoms with Gasteiger partial charge in [-0.2, -0.15) is 0 Å². The number of carbonyl (C=O) groups is 7. The maximum Gasteiger partial charge on any atom is 0.307 e. The minimum atomic E-state index is -1.31. The van der Waals surface area contributed by atoms with Crippen molar-refractivity contribution in [1.82, 2.24) is 0 Å². The van der Waals surface area contributed by atoms with E-state index in [4.69, 9.17) is 9.98 Å². The molecule has 0 atom stereocenters. The number of carboxylic acid groups (broad SMARTS) is 7. The highest BCUT2D eigenvalue weighted by molar-refractivity contribution is 6.21. The highest BCUT2D eigenvalue weighted by Crippen LogP contribution is 2.40. The molecule has 0 aromatic rings. The fourth-order valence-corrected chi connectivity index (χ4v) is 6.97. The molecule has 18 heteroatoms. The molecule has 7 N–H and O–H groups in total. The zero-order valence-electron chi connectivity index (χ0n) is 30.4. The SMILES string of the molecule is CC1=C(CCC(=O)O)C2=NC1=CC1=NC(=CC3=NC(=CC4=NC(=C2)C(CCC(=O)O)=C4CC(=O)O)C(CCC(=O)O)=C3CC(=O)O)C(CCC(=O)O)=C1CC(=O)O. The monoisotopic (exact) mass is 784 g/mol. The van der Waals surface area contributed by atoms with Gasteiger partial charge in [0.15, 0.2) is 0 Å². The standard InChI is InChI=1S/C39H36N4O14/c1-17-18(2-6-33(44)45)26-14-27-20(4-8-35(48)49)23(11-38(54)55)31(42-27)16-29-21(5-9-36(50)51)24(12-39(56)57)32(43-29)15-28-19(3-7-34(46)47)22(10-37(52)53)30(41-28)13-25(17)40-26/h13-16H,2-12H2,1H3,(H,44,45)(H,46,47)(H,48,49)(H,50,51)(H,52,53)(H,54,55)(H,56,57). The molecule has 5 rings (SSSR count). The van der Waals surface area contributed by atoms with Crippen LogP contribution in [0.4, 0.5) is 0 Å². The van der Waals surface area contributed by atoms with Crippen LogP contribution in [0, 0.1) is 0 Å². The Balaban J connectivity index is 1.90. The van der Waals surface area contributed by atoms with Gasteiger partial charge in [0.05, 0.1) is 64.9 Å². The number of aliphatic imine (C=N–C) groups is 4. The van der Waals surface area contributed by atoms with Crippen LogP contribution in [0.2, 0.25) is 0 Å². The van der Waals surface area contributed by atoms with Gasteiger partial charge < -0.3 is 35.7 Å². The Kier molecular flexibility index (Phi) is 12.3. The maximum atomic E-state index is 12.2. The minimum Gasteiger partial charge on any atom is -0.481 e. The number of carboxylic acids is 7. The predicted molar refractivity (Wildman–Crippen MR) is 200 cm³/mol. The van der Waals surface area contributed by atoms with Gasteiger partial charge in [-0.05, 0) is 101 Å². The van der Waals surface area contributed by atoms with Crippen LogP contribution in [0.25, 0.3) is 0 Å². The van der Waals surface area contributed by atoms with E-state index in [2.05, 4.69) is 9.98 Å². The van der Waals surface area contributed by atoms with Crippen LogP contribution in [0.1, 0.15) is 77.6 Å². The molecule has 0 unspecified atom stereocenters. The van der Waals surface area contributed by atoms with Gasteiger partial charge in [-0.3, -0.25) is 33.6 Å². The third-order valence-electron chi connectivity index (χ3n) is 9.49. The smallest absolute Gasteiger partial charge is 0.307 e. The molecular weight excluding hydrogens is 748 g/mol. The van der Waals surface area contributed by atoms with Gasteiger partial charge in [0, 0.05) is 25.7 Å². The zero-order valence-corrected chi connectivity index (χ0v) is 30.4. The van der Waals surface area contributed by atoms with Gasteiger partial charge in [-0.25, -0.2) is 20.0 Å². The number of rotatable bonds is 18. The summed E-state index contributed by atoms with van der Waals surface area (Å²) in [7, 11) is 0. The highest BCUT2D eigenvalue weighted by atomic mass is 16.4. The van der Waals surface area contributed by atoms with Gasteiger partial charge in [0.25, 0.3) is 0 Å². The summed E-state index contributed by atoms with van der Waals surface area (Å²) in [5.41, 5.74) is 2.59. The Morgan fingerprint density at radius 3 is 0.895 bits per heavy atom. The molecule has 5 aliphatic heterocycles. The molecule has 5 aliphatic rings. The average molecular weight is 785 g/mol. The van der Waals surface area contributed by atoms with Gasteiger partial charge >= 0.3 is 41.8 Å². The summed E-state index contributed by atoms with van der Waals surface area (Å²) in [5, 5.41) is 68.3. The third-order valence-corrected chi connectivity index (χ3v) is 9.49. The van der Waals surface area contributed by atoms with E-state index in [9.17, 15) is 69.3 Å². The first kappa shape index (κ1) is 41.1. The molecule has 0 fully saturated rings. The minimum absolute atomic E-state index is 0.0104. The Bertz CT molecular complexity index is 2320. The summed E-state index contributed by atoms with van der Waals surface area (Å²) in [4.78, 5) is 103. The van der Waals surface area contributed by atoms with Gasteiger partial charge in [0.2, 0.25) is 0 Å². The van der Waals surface area contributed by atoms with Crippen molar-refractivity contribution < 1.29 is 69.3 Å². The number of hydrogen-bond donors (Lipinski definition) is 7. The van der Waals surface area contributed by atoms with Crippen LogP contribution >= 0.6 is 0 Å². The summed E-state index contributed by atoms with van der Waals surface area (Å²) in [6.07, 6.45) is 1.42. The van der Waals surface area contributed by atoms with Crippen LogP contribution in [0.3, 0.4) is 0 Å². The fourth-order valence-electron chi connectivity index (χ4n) is 6.97. The van der Waals surface area contributed by atoms with E-state index in [0.717, 1.165) is 0 Å². The first-order chi connectivity index (χ1) is 26.9. The Labute approximate surface area is 322 Å². The average Bonchev–Trinajstić information content (AvgIpc) is 3.77. The molecule has 0 aromatic heterocycles. The largest absolute Gasteiger partial charge is 0.481 e. The van der Waals surface area contributed by atoms with E-state index in [0.29, 0.717) is 11.1 Å². The lowest BCUT2D eigenvalue weighted by atomic mass is 9.92. The van der Waals surface area contributed by atoms with Gasteiger partial charge in [0.1, 0.15) is 0 Å². The molecule has 8 bridgehead atoms. The first-order valence-electron chi connectivity index (χ1n) is 17.5. The quantitative estimate of drug-likeness (QED) is 0.101. The van der Waals surface area contributed by atoms with Crippen LogP contribution in [0.5, 0.6) is 0 Å².